The minimum atomic E-state index is -1.51. The molecular formula is C6H12O6. The van der Waals surface area contributed by atoms with Gasteiger partial charge in [0.25, 0.3) is 0 Å². The van der Waals surface area contributed by atoms with Gasteiger partial charge in [-0.1, -0.05) is 0 Å². The third-order valence-corrected chi connectivity index (χ3v) is 1.84. The molecule has 6 nitrogen and oxygen atoms in total. The highest BCUT2D eigenvalue weighted by Gasteiger charge is 2.44. The van der Waals surface area contributed by atoms with Gasteiger partial charge in [0.1, 0.15) is 24.4 Å². The normalized spacial score (nSPS) is 44.8. The molecule has 0 aliphatic carbocycles. The van der Waals surface area contributed by atoms with Crippen LogP contribution in [0.3, 0.4) is 0 Å². The highest BCUT2D eigenvalue weighted by Crippen LogP contribution is 2.21. The molecule has 0 bridgehead atoms. The summed E-state index contributed by atoms with van der Waals surface area (Å²) >= 11 is 0. The highest BCUT2D eigenvalue weighted by molar-refractivity contribution is 4.89. The zero-order chi connectivity index (χ0) is 9.30. The van der Waals surface area contributed by atoms with Crippen LogP contribution in [0.5, 0.6) is 0 Å². The lowest BCUT2D eigenvalue weighted by atomic mass is 10.1. The number of hydrogen-bond donors (Lipinski definition) is 5. The summed E-state index contributed by atoms with van der Waals surface area (Å²) in [6.07, 6.45) is -6.75. The zero-order valence-electron chi connectivity index (χ0n) is 6.24. The van der Waals surface area contributed by atoms with Gasteiger partial charge in [-0.25, -0.2) is 0 Å². The lowest BCUT2D eigenvalue weighted by Gasteiger charge is -2.18. The van der Waals surface area contributed by atoms with Crippen LogP contribution in [0.4, 0.5) is 0 Å². The summed E-state index contributed by atoms with van der Waals surface area (Å²) in [5, 5.41) is 44.4. The molecule has 1 rings (SSSR count). The first-order chi connectivity index (χ1) is 5.57. The second-order valence-corrected chi connectivity index (χ2v) is 2.72. The molecule has 1 saturated heterocycles. The van der Waals surface area contributed by atoms with E-state index in [4.69, 9.17) is 25.5 Å². The molecule has 72 valence electrons. The Kier molecular flexibility index (Phi) is 2.99. The first-order valence-corrected chi connectivity index (χ1v) is 3.56. The molecule has 1 aliphatic rings. The van der Waals surface area contributed by atoms with Gasteiger partial charge in [0, 0.05) is 0 Å². The second kappa shape index (κ2) is 3.65. The van der Waals surface area contributed by atoms with E-state index in [-0.39, 0.29) is 0 Å². The summed E-state index contributed by atoms with van der Waals surface area (Å²) in [4.78, 5) is 0. The third-order valence-electron chi connectivity index (χ3n) is 1.84. The van der Waals surface area contributed by atoms with Crippen LogP contribution in [0.15, 0.2) is 0 Å². The molecule has 0 spiro atoms. The molecular weight excluding hydrogens is 169 g/mol. The highest BCUT2D eigenvalue weighted by atomic mass is 16.8. The van der Waals surface area contributed by atoms with E-state index in [1.807, 2.05) is 0 Å². The van der Waals surface area contributed by atoms with Gasteiger partial charge in [-0.15, -0.1) is 0 Å². The van der Waals surface area contributed by atoms with Crippen molar-refractivity contribution >= 4 is 0 Å². The van der Waals surface area contributed by atoms with Crippen LogP contribution >= 0.6 is 0 Å². The molecule has 0 amide bonds. The molecule has 0 aromatic rings. The molecule has 0 aromatic carbocycles. The predicted octanol–water partition coefficient (Wildman–Crippen LogP) is -3.22. The maximum Gasteiger partial charge on any atom is 0.184 e. The van der Waals surface area contributed by atoms with Gasteiger partial charge in [0.05, 0.1) is 6.61 Å². The lowest BCUT2D eigenvalue weighted by molar-refractivity contribution is -0.150. The van der Waals surface area contributed by atoms with Crippen molar-refractivity contribution in [2.75, 3.05) is 6.61 Å². The van der Waals surface area contributed by atoms with Crippen molar-refractivity contribution in [1.29, 1.82) is 0 Å². The van der Waals surface area contributed by atoms with Gasteiger partial charge >= 0.3 is 0 Å². The number of hydrogen-bond acceptors (Lipinski definition) is 6. The van der Waals surface area contributed by atoms with Crippen LogP contribution in [-0.4, -0.2) is 62.8 Å². The van der Waals surface area contributed by atoms with Crippen LogP contribution in [0.2, 0.25) is 0 Å². The van der Waals surface area contributed by atoms with E-state index in [0.29, 0.717) is 0 Å². The number of rotatable bonds is 2. The maximum absolute atomic E-state index is 9.12. The Balaban J connectivity index is 2.58. The van der Waals surface area contributed by atoms with Crippen molar-refractivity contribution in [2.45, 2.75) is 30.7 Å². The summed E-state index contributed by atoms with van der Waals surface area (Å²) in [7, 11) is 0. The van der Waals surface area contributed by atoms with Crippen LogP contribution in [0.1, 0.15) is 0 Å². The number of aliphatic hydroxyl groups is 5. The van der Waals surface area contributed by atoms with Gasteiger partial charge in [0.2, 0.25) is 0 Å². The van der Waals surface area contributed by atoms with E-state index in [0.717, 1.165) is 0 Å². The fraction of sp³-hybridized carbons (Fsp3) is 1.00. The largest absolute Gasteiger partial charge is 0.394 e. The van der Waals surface area contributed by atoms with E-state index in [1.165, 1.54) is 0 Å². The van der Waals surface area contributed by atoms with Gasteiger partial charge in [-0.3, -0.25) is 0 Å². The minimum absolute atomic E-state index is 0.596. The predicted molar refractivity (Wildman–Crippen MR) is 36.0 cm³/mol. The van der Waals surface area contributed by atoms with Gasteiger partial charge in [0.15, 0.2) is 6.29 Å². The number of aliphatic hydroxyl groups excluding tert-OH is 5. The van der Waals surface area contributed by atoms with Crippen molar-refractivity contribution < 1.29 is 30.3 Å². The van der Waals surface area contributed by atoms with Crippen molar-refractivity contribution in [1.82, 2.24) is 0 Å². The smallest absolute Gasteiger partial charge is 0.184 e. The average molecular weight is 181 g/mol. The topological polar surface area (TPSA) is 110 Å². The molecule has 5 atom stereocenters. The number of ether oxygens (including phenoxy) is 1. The van der Waals surface area contributed by atoms with E-state index in [9.17, 15) is 0 Å². The van der Waals surface area contributed by atoms with E-state index < -0.39 is 37.3 Å². The molecule has 0 unspecified atom stereocenters. The van der Waals surface area contributed by atoms with Crippen LogP contribution < -0.4 is 0 Å². The lowest BCUT2D eigenvalue weighted by Crippen LogP contribution is -2.40. The monoisotopic (exact) mass is 181 g/mol. The first kappa shape index (κ1) is 9.85. The fourth-order valence-electron chi connectivity index (χ4n) is 1.11. The molecule has 0 radical (unpaired) electrons. The fourth-order valence-corrected chi connectivity index (χ4v) is 1.11. The Bertz CT molecular complexity index is 151. The van der Waals surface area contributed by atoms with Gasteiger partial charge < -0.3 is 30.3 Å². The van der Waals surface area contributed by atoms with Crippen molar-refractivity contribution in [3.8, 4) is 0 Å². The summed E-state index contributed by atoms with van der Waals surface area (Å²) in [6, 6.07) is 0. The standard InChI is InChI=1S/C6H12O6/c7-1-2(8)5-3(9)4(10)6(11)12-5/h2-11H,1H2/t2-,3-,4-,5-,6+/m1/s1/i6+1. The van der Waals surface area contributed by atoms with E-state index >= 15 is 0 Å². The molecule has 6 heteroatoms. The third kappa shape index (κ3) is 1.58. The average Bonchev–Trinajstić information content (AvgIpc) is 2.32. The molecule has 0 saturated carbocycles. The molecule has 5 N–H and O–H groups in total. The Morgan fingerprint density at radius 2 is 1.75 bits per heavy atom. The molecule has 1 fully saturated rings. The maximum atomic E-state index is 9.12. The molecule has 0 aromatic heterocycles. The van der Waals surface area contributed by atoms with Crippen molar-refractivity contribution in [3.63, 3.8) is 0 Å². The zero-order valence-corrected chi connectivity index (χ0v) is 6.24. The molecule has 12 heavy (non-hydrogen) atoms. The second-order valence-electron chi connectivity index (χ2n) is 2.72. The Morgan fingerprint density at radius 1 is 1.17 bits per heavy atom. The Morgan fingerprint density at radius 3 is 2.08 bits per heavy atom. The summed E-state index contributed by atoms with van der Waals surface area (Å²) < 4.78 is 4.58. The van der Waals surface area contributed by atoms with Gasteiger partial charge in [-0.2, -0.15) is 0 Å². The Hall–Kier alpha value is -0.240. The quantitative estimate of drug-likeness (QED) is 0.287. The summed E-state index contributed by atoms with van der Waals surface area (Å²) in [5.74, 6) is 0. The van der Waals surface area contributed by atoms with Crippen LogP contribution in [0.25, 0.3) is 0 Å². The van der Waals surface area contributed by atoms with Crippen molar-refractivity contribution in [2.24, 2.45) is 0 Å². The van der Waals surface area contributed by atoms with Crippen LogP contribution in [0, 0.1) is 0 Å². The van der Waals surface area contributed by atoms with Crippen LogP contribution in [-0.2, 0) is 4.74 Å². The first-order valence-electron chi connectivity index (χ1n) is 3.56. The van der Waals surface area contributed by atoms with E-state index in [1.54, 1.807) is 0 Å². The summed E-state index contributed by atoms with van der Waals surface area (Å²) in [5.41, 5.74) is 0. The van der Waals surface area contributed by atoms with E-state index in [2.05, 4.69) is 4.74 Å². The van der Waals surface area contributed by atoms with Gasteiger partial charge in [-0.05, 0) is 0 Å². The summed E-state index contributed by atoms with van der Waals surface area (Å²) in [6.45, 7) is -0.596. The molecule has 1 heterocycles. The minimum Gasteiger partial charge on any atom is -0.394 e. The Labute approximate surface area is 68.6 Å². The van der Waals surface area contributed by atoms with Crippen molar-refractivity contribution in [3.05, 3.63) is 0 Å². The molecule has 1 aliphatic heterocycles. The SMILES string of the molecule is OC[C@@H](O)[C@H]1O[13C@H](O)[C@H](O)[C@H]1O.